The summed E-state index contributed by atoms with van der Waals surface area (Å²) >= 11 is 0. The van der Waals surface area contributed by atoms with E-state index in [2.05, 4.69) is 10.2 Å². The van der Waals surface area contributed by atoms with Gasteiger partial charge in [0.1, 0.15) is 5.69 Å². The minimum absolute atomic E-state index is 0.0699. The first-order valence-corrected chi connectivity index (χ1v) is 8.05. The van der Waals surface area contributed by atoms with Crippen molar-refractivity contribution in [1.29, 1.82) is 0 Å². The van der Waals surface area contributed by atoms with Gasteiger partial charge in [-0.3, -0.25) is 14.5 Å². The summed E-state index contributed by atoms with van der Waals surface area (Å²) in [5.74, 6) is 0.213. The number of pyridine rings is 1. The van der Waals surface area contributed by atoms with Gasteiger partial charge in [-0.25, -0.2) is 4.57 Å². The average Bonchev–Trinajstić information content (AvgIpc) is 2.60. The van der Waals surface area contributed by atoms with E-state index in [9.17, 15) is 9.59 Å². The molecular weight excluding hydrogens is 318 g/mol. The first-order chi connectivity index (χ1) is 12.0. The molecule has 0 N–H and O–H groups in total. The SMILES string of the molecule is CN(C)c1ccc(N=Nc2cccc[n+]2CC(=O)N2CCC2=O)cc1. The summed E-state index contributed by atoms with van der Waals surface area (Å²) in [6.45, 7) is 0.570. The predicted molar refractivity (Wildman–Crippen MR) is 92.9 cm³/mol. The molecule has 7 nitrogen and oxygen atoms in total. The lowest BCUT2D eigenvalue weighted by molar-refractivity contribution is -0.672. The Morgan fingerprint density at radius 2 is 1.92 bits per heavy atom. The van der Waals surface area contributed by atoms with Gasteiger partial charge in [0, 0.05) is 38.8 Å². The molecule has 25 heavy (non-hydrogen) atoms. The van der Waals surface area contributed by atoms with Crippen molar-refractivity contribution < 1.29 is 14.2 Å². The lowest BCUT2D eigenvalue weighted by Gasteiger charge is -2.27. The molecule has 1 saturated heterocycles. The number of amides is 2. The van der Waals surface area contributed by atoms with E-state index in [4.69, 9.17) is 0 Å². The lowest BCUT2D eigenvalue weighted by atomic mass is 10.2. The lowest BCUT2D eigenvalue weighted by Crippen LogP contribution is -2.52. The fraction of sp³-hybridized carbons (Fsp3) is 0.278. The molecule has 0 atom stereocenters. The second-order valence-corrected chi connectivity index (χ2v) is 5.99. The van der Waals surface area contributed by atoms with Crippen molar-refractivity contribution in [3.05, 3.63) is 48.7 Å². The quantitative estimate of drug-likeness (QED) is 0.477. The highest BCUT2D eigenvalue weighted by Gasteiger charge is 2.31. The summed E-state index contributed by atoms with van der Waals surface area (Å²) in [4.78, 5) is 26.8. The van der Waals surface area contributed by atoms with Gasteiger partial charge in [0.15, 0.2) is 6.54 Å². The molecule has 1 aliphatic heterocycles. The van der Waals surface area contributed by atoms with Crippen LogP contribution < -0.4 is 9.47 Å². The third-order valence-corrected chi connectivity index (χ3v) is 4.01. The maximum Gasteiger partial charge on any atom is 0.351 e. The molecule has 7 heteroatoms. The maximum atomic E-state index is 12.1. The number of nitrogens with zero attached hydrogens (tertiary/aromatic N) is 5. The van der Waals surface area contributed by atoms with Crippen LogP contribution in [0.1, 0.15) is 6.42 Å². The van der Waals surface area contributed by atoms with E-state index in [0.717, 1.165) is 11.4 Å². The molecule has 0 unspecified atom stereocenters. The Morgan fingerprint density at radius 1 is 1.16 bits per heavy atom. The average molecular weight is 338 g/mol. The van der Waals surface area contributed by atoms with Crippen LogP contribution in [-0.4, -0.2) is 37.4 Å². The van der Waals surface area contributed by atoms with Crippen LogP contribution in [0.4, 0.5) is 17.2 Å². The van der Waals surface area contributed by atoms with Crippen molar-refractivity contribution in [1.82, 2.24) is 4.90 Å². The molecule has 2 aromatic rings. The Kier molecular flexibility index (Phi) is 4.83. The second-order valence-electron chi connectivity index (χ2n) is 5.99. The van der Waals surface area contributed by atoms with Crippen LogP contribution in [0.2, 0.25) is 0 Å². The van der Waals surface area contributed by atoms with Crippen molar-refractivity contribution in [3.63, 3.8) is 0 Å². The molecule has 2 amide bonds. The zero-order valence-corrected chi connectivity index (χ0v) is 14.3. The van der Waals surface area contributed by atoms with Gasteiger partial charge < -0.3 is 4.90 Å². The smallest absolute Gasteiger partial charge is 0.351 e. The largest absolute Gasteiger partial charge is 0.378 e. The maximum absolute atomic E-state index is 12.1. The zero-order valence-electron chi connectivity index (χ0n) is 14.3. The molecule has 128 valence electrons. The highest BCUT2D eigenvalue weighted by Crippen LogP contribution is 2.20. The number of aromatic nitrogens is 1. The van der Waals surface area contributed by atoms with E-state index < -0.39 is 0 Å². The van der Waals surface area contributed by atoms with Crippen LogP contribution in [0.15, 0.2) is 58.9 Å². The van der Waals surface area contributed by atoms with Crippen molar-refractivity contribution in [2.45, 2.75) is 13.0 Å². The standard InChI is InChI=1S/C18H20N5O2/c1-21(2)15-8-6-14(7-9-15)19-20-16-5-3-4-11-22(16)13-18(25)23-12-10-17(23)24/h3-9,11H,10,12-13H2,1-2H3/q+1. The number of imide groups is 1. The Bertz CT molecular complexity index is 814. The highest BCUT2D eigenvalue weighted by atomic mass is 16.2. The summed E-state index contributed by atoms with van der Waals surface area (Å²) in [6, 6.07) is 13.1. The highest BCUT2D eigenvalue weighted by molar-refractivity contribution is 5.98. The van der Waals surface area contributed by atoms with Crippen molar-refractivity contribution in [2.75, 3.05) is 25.5 Å². The third-order valence-electron chi connectivity index (χ3n) is 4.01. The van der Waals surface area contributed by atoms with E-state index in [1.54, 1.807) is 16.8 Å². The first-order valence-electron chi connectivity index (χ1n) is 8.05. The molecule has 0 radical (unpaired) electrons. The van der Waals surface area contributed by atoms with Gasteiger partial charge in [-0.2, -0.15) is 0 Å². The number of carbonyl (C=O) groups is 2. The summed E-state index contributed by atoms with van der Waals surface area (Å²) in [5, 5.41) is 8.48. The normalized spacial score (nSPS) is 13.8. The molecule has 0 aliphatic carbocycles. The number of azo groups is 1. The summed E-state index contributed by atoms with van der Waals surface area (Å²) < 4.78 is 1.69. The second kappa shape index (κ2) is 7.21. The minimum Gasteiger partial charge on any atom is -0.378 e. The summed E-state index contributed by atoms with van der Waals surface area (Å²) in [5.41, 5.74) is 1.81. The summed E-state index contributed by atoms with van der Waals surface area (Å²) in [6.07, 6.45) is 2.20. The Hall–Kier alpha value is -3.09. The fourth-order valence-corrected chi connectivity index (χ4v) is 2.43. The van der Waals surface area contributed by atoms with Gasteiger partial charge in [0.05, 0.1) is 11.3 Å². The summed E-state index contributed by atoms with van der Waals surface area (Å²) in [7, 11) is 3.95. The molecule has 3 rings (SSSR count). The van der Waals surface area contributed by atoms with Crippen LogP contribution in [0, 0.1) is 0 Å². The number of rotatable bonds is 5. The molecule has 1 aromatic heterocycles. The molecule has 0 bridgehead atoms. The monoisotopic (exact) mass is 338 g/mol. The van der Waals surface area contributed by atoms with E-state index in [1.807, 2.05) is 55.4 Å². The Morgan fingerprint density at radius 3 is 2.52 bits per heavy atom. The van der Waals surface area contributed by atoms with Crippen LogP contribution in [-0.2, 0) is 16.1 Å². The van der Waals surface area contributed by atoms with Crippen LogP contribution in [0.5, 0.6) is 0 Å². The van der Waals surface area contributed by atoms with Crippen LogP contribution in [0.25, 0.3) is 0 Å². The van der Waals surface area contributed by atoms with Crippen molar-refractivity contribution in [2.24, 2.45) is 10.2 Å². The number of likely N-dealkylation sites (tertiary alicyclic amines) is 1. The van der Waals surface area contributed by atoms with Gasteiger partial charge in [-0.1, -0.05) is 6.07 Å². The van der Waals surface area contributed by atoms with Crippen LogP contribution in [0.3, 0.4) is 0 Å². The van der Waals surface area contributed by atoms with Crippen molar-refractivity contribution >= 4 is 29.0 Å². The molecule has 1 fully saturated rings. The number of benzene rings is 1. The molecular formula is C18H20N5O2+. The van der Waals surface area contributed by atoms with Gasteiger partial charge in [0.2, 0.25) is 5.91 Å². The molecule has 1 aliphatic rings. The fourth-order valence-electron chi connectivity index (χ4n) is 2.43. The Balaban J connectivity index is 1.74. The Labute approximate surface area is 146 Å². The van der Waals surface area contributed by atoms with Gasteiger partial charge in [-0.05, 0) is 35.4 Å². The number of hydrogen-bond donors (Lipinski definition) is 0. The van der Waals surface area contributed by atoms with E-state index in [-0.39, 0.29) is 18.4 Å². The van der Waals surface area contributed by atoms with Gasteiger partial charge in [0.25, 0.3) is 5.91 Å². The number of anilines is 1. The zero-order chi connectivity index (χ0) is 17.8. The number of carbonyl (C=O) groups excluding carboxylic acids is 2. The van der Waals surface area contributed by atoms with Gasteiger partial charge >= 0.3 is 5.82 Å². The van der Waals surface area contributed by atoms with Crippen molar-refractivity contribution in [3.8, 4) is 0 Å². The third kappa shape index (κ3) is 3.88. The first kappa shape index (κ1) is 16.8. The topological polar surface area (TPSA) is 69.2 Å². The molecule has 0 saturated carbocycles. The molecule has 1 aromatic carbocycles. The van der Waals surface area contributed by atoms with Crippen LogP contribution >= 0.6 is 0 Å². The molecule has 0 spiro atoms. The van der Waals surface area contributed by atoms with E-state index in [1.165, 1.54) is 4.90 Å². The van der Waals surface area contributed by atoms with E-state index in [0.29, 0.717) is 18.8 Å². The van der Waals surface area contributed by atoms with Gasteiger partial charge in [-0.15, -0.1) is 0 Å². The molecule has 2 heterocycles. The number of hydrogen-bond acceptors (Lipinski definition) is 5. The predicted octanol–water partition coefficient (Wildman–Crippen LogP) is 2.21. The van der Waals surface area contributed by atoms with E-state index >= 15 is 0 Å². The minimum atomic E-state index is -0.223. The number of β-lactam (4-membered cyclic amide) rings is 1.